The quantitative estimate of drug-likeness (QED) is 0.780. The minimum absolute atomic E-state index is 0.323. The average molecular weight is 207 g/mol. The zero-order chi connectivity index (χ0) is 11.3. The molecule has 0 saturated heterocycles. The van der Waals surface area contributed by atoms with Crippen LogP contribution in [-0.4, -0.2) is 17.1 Å². The summed E-state index contributed by atoms with van der Waals surface area (Å²) in [6, 6.07) is 7.25. The number of hydrogen-bond donors (Lipinski definition) is 2. The Morgan fingerprint density at radius 2 is 2.00 bits per heavy atom. The molecule has 0 aromatic heterocycles. The molecule has 1 rings (SSSR count). The van der Waals surface area contributed by atoms with Gasteiger partial charge in [0, 0.05) is 11.7 Å². The molecule has 82 valence electrons. The summed E-state index contributed by atoms with van der Waals surface area (Å²) in [6.07, 6.45) is 2.25. The van der Waals surface area contributed by atoms with Crippen molar-refractivity contribution in [3.8, 4) is 0 Å². The minimum atomic E-state index is -0.886. The Hall–Kier alpha value is -1.51. The van der Waals surface area contributed by atoms with E-state index in [0.717, 1.165) is 18.5 Å². The first-order valence-corrected chi connectivity index (χ1v) is 5.23. The number of hydrogen-bond acceptors (Lipinski definition) is 2. The fraction of sp³-hybridized carbons (Fsp3) is 0.417. The van der Waals surface area contributed by atoms with Gasteiger partial charge in [0.2, 0.25) is 0 Å². The van der Waals surface area contributed by atoms with Crippen molar-refractivity contribution in [2.24, 2.45) is 0 Å². The van der Waals surface area contributed by atoms with E-state index in [9.17, 15) is 4.79 Å². The first-order chi connectivity index (χ1) is 7.13. The lowest BCUT2D eigenvalue weighted by atomic mass is 10.1. The maximum atomic E-state index is 10.6. The molecule has 0 spiro atoms. The largest absolute Gasteiger partial charge is 0.478 e. The molecule has 1 unspecified atom stereocenters. The van der Waals surface area contributed by atoms with Crippen LogP contribution < -0.4 is 5.32 Å². The third-order valence-corrected chi connectivity index (χ3v) is 2.27. The molecule has 1 atom stereocenters. The predicted octanol–water partition coefficient (Wildman–Crippen LogP) is 2.99. The van der Waals surface area contributed by atoms with Crippen molar-refractivity contribution in [2.75, 3.05) is 5.32 Å². The van der Waals surface area contributed by atoms with Crippen LogP contribution in [0.25, 0.3) is 0 Å². The number of carbonyl (C=O) groups is 1. The number of nitrogens with one attached hydrogen (secondary N) is 1. The van der Waals surface area contributed by atoms with Gasteiger partial charge in [-0.3, -0.25) is 0 Å². The van der Waals surface area contributed by atoms with Gasteiger partial charge in [0.05, 0.1) is 5.56 Å². The van der Waals surface area contributed by atoms with Crippen LogP contribution in [0, 0.1) is 0 Å². The van der Waals surface area contributed by atoms with Crippen LogP contribution in [0.2, 0.25) is 0 Å². The van der Waals surface area contributed by atoms with E-state index in [2.05, 4.69) is 19.2 Å². The van der Waals surface area contributed by atoms with Gasteiger partial charge in [-0.2, -0.15) is 0 Å². The van der Waals surface area contributed by atoms with Crippen LogP contribution in [0.1, 0.15) is 37.0 Å². The molecule has 0 heterocycles. The second kappa shape index (κ2) is 5.39. The van der Waals surface area contributed by atoms with Crippen LogP contribution in [-0.2, 0) is 0 Å². The van der Waals surface area contributed by atoms with Gasteiger partial charge < -0.3 is 10.4 Å². The highest BCUT2D eigenvalue weighted by Gasteiger charge is 2.03. The summed E-state index contributed by atoms with van der Waals surface area (Å²) < 4.78 is 0. The van der Waals surface area contributed by atoms with E-state index < -0.39 is 5.97 Å². The third-order valence-electron chi connectivity index (χ3n) is 2.27. The molecule has 1 aromatic carbocycles. The zero-order valence-electron chi connectivity index (χ0n) is 9.16. The van der Waals surface area contributed by atoms with Gasteiger partial charge in [-0.15, -0.1) is 0 Å². The maximum absolute atomic E-state index is 10.6. The molecule has 0 aliphatic rings. The van der Waals surface area contributed by atoms with Gasteiger partial charge >= 0.3 is 5.97 Å². The van der Waals surface area contributed by atoms with E-state index in [1.54, 1.807) is 24.3 Å². The lowest BCUT2D eigenvalue weighted by Gasteiger charge is -2.14. The number of rotatable bonds is 5. The van der Waals surface area contributed by atoms with Crippen LogP contribution >= 0.6 is 0 Å². The van der Waals surface area contributed by atoms with Crippen molar-refractivity contribution in [2.45, 2.75) is 32.7 Å². The third kappa shape index (κ3) is 3.62. The van der Waals surface area contributed by atoms with E-state index in [-0.39, 0.29) is 0 Å². The summed E-state index contributed by atoms with van der Waals surface area (Å²) >= 11 is 0. The Morgan fingerprint density at radius 1 is 1.40 bits per heavy atom. The van der Waals surface area contributed by atoms with Crippen molar-refractivity contribution in [1.29, 1.82) is 0 Å². The lowest BCUT2D eigenvalue weighted by Crippen LogP contribution is -2.14. The SMILES string of the molecule is CCCC(C)Nc1ccc(C(=O)O)cc1. The molecule has 0 aliphatic heterocycles. The zero-order valence-corrected chi connectivity index (χ0v) is 9.16. The van der Waals surface area contributed by atoms with Crippen molar-refractivity contribution in [3.63, 3.8) is 0 Å². The van der Waals surface area contributed by atoms with E-state index in [0.29, 0.717) is 11.6 Å². The van der Waals surface area contributed by atoms with Crippen LogP contribution in [0.5, 0.6) is 0 Å². The lowest BCUT2D eigenvalue weighted by molar-refractivity contribution is 0.0697. The molecule has 2 N–H and O–H groups in total. The first kappa shape index (κ1) is 11.6. The standard InChI is InChI=1S/C12H17NO2/c1-3-4-9(2)13-11-7-5-10(6-8-11)12(14)15/h5-9,13H,3-4H2,1-2H3,(H,14,15). The highest BCUT2D eigenvalue weighted by atomic mass is 16.4. The Morgan fingerprint density at radius 3 is 2.47 bits per heavy atom. The van der Waals surface area contributed by atoms with Crippen molar-refractivity contribution in [1.82, 2.24) is 0 Å². The summed E-state index contributed by atoms with van der Waals surface area (Å²) in [6.45, 7) is 4.26. The van der Waals surface area contributed by atoms with Gasteiger partial charge in [-0.25, -0.2) is 4.79 Å². The average Bonchev–Trinajstić information content (AvgIpc) is 2.18. The molecule has 0 radical (unpaired) electrons. The molecule has 0 bridgehead atoms. The smallest absolute Gasteiger partial charge is 0.335 e. The molecular formula is C12H17NO2. The summed E-state index contributed by atoms with van der Waals surface area (Å²) in [4.78, 5) is 10.6. The number of carboxylic acids is 1. The Labute approximate surface area is 90.1 Å². The highest BCUT2D eigenvalue weighted by molar-refractivity contribution is 5.87. The summed E-state index contributed by atoms with van der Waals surface area (Å²) in [5.74, 6) is -0.886. The van der Waals surface area contributed by atoms with E-state index in [4.69, 9.17) is 5.11 Å². The number of benzene rings is 1. The topological polar surface area (TPSA) is 49.3 Å². The van der Waals surface area contributed by atoms with Crippen molar-refractivity contribution >= 4 is 11.7 Å². The number of aromatic carboxylic acids is 1. The number of anilines is 1. The molecule has 0 fully saturated rings. The molecule has 3 nitrogen and oxygen atoms in total. The monoisotopic (exact) mass is 207 g/mol. The maximum Gasteiger partial charge on any atom is 0.335 e. The van der Waals surface area contributed by atoms with E-state index >= 15 is 0 Å². The molecule has 0 aliphatic carbocycles. The van der Waals surface area contributed by atoms with Crippen molar-refractivity contribution < 1.29 is 9.90 Å². The highest BCUT2D eigenvalue weighted by Crippen LogP contribution is 2.12. The van der Waals surface area contributed by atoms with Crippen LogP contribution in [0.4, 0.5) is 5.69 Å². The van der Waals surface area contributed by atoms with Crippen LogP contribution in [0.15, 0.2) is 24.3 Å². The van der Waals surface area contributed by atoms with Gasteiger partial charge in [0.1, 0.15) is 0 Å². The summed E-state index contributed by atoms with van der Waals surface area (Å²) in [5, 5.41) is 12.0. The molecular weight excluding hydrogens is 190 g/mol. The fourth-order valence-electron chi connectivity index (χ4n) is 1.50. The van der Waals surface area contributed by atoms with Crippen LogP contribution in [0.3, 0.4) is 0 Å². The minimum Gasteiger partial charge on any atom is -0.478 e. The fourth-order valence-corrected chi connectivity index (χ4v) is 1.50. The molecule has 0 saturated carbocycles. The summed E-state index contributed by atoms with van der Waals surface area (Å²) in [5.41, 5.74) is 1.30. The number of carboxylic acid groups (broad SMARTS) is 1. The van der Waals surface area contributed by atoms with E-state index in [1.165, 1.54) is 0 Å². The van der Waals surface area contributed by atoms with Gasteiger partial charge in [0.25, 0.3) is 0 Å². The summed E-state index contributed by atoms with van der Waals surface area (Å²) in [7, 11) is 0. The first-order valence-electron chi connectivity index (χ1n) is 5.23. The molecule has 15 heavy (non-hydrogen) atoms. The molecule has 3 heteroatoms. The normalized spacial score (nSPS) is 12.1. The Bertz CT molecular complexity index is 319. The van der Waals surface area contributed by atoms with Crippen molar-refractivity contribution in [3.05, 3.63) is 29.8 Å². The van der Waals surface area contributed by atoms with Gasteiger partial charge in [0.15, 0.2) is 0 Å². The second-order valence-electron chi connectivity index (χ2n) is 3.72. The molecule has 1 aromatic rings. The molecule has 0 amide bonds. The van der Waals surface area contributed by atoms with Gasteiger partial charge in [-0.1, -0.05) is 13.3 Å². The van der Waals surface area contributed by atoms with Gasteiger partial charge in [-0.05, 0) is 37.6 Å². The second-order valence-corrected chi connectivity index (χ2v) is 3.72. The predicted molar refractivity (Wildman–Crippen MR) is 61.4 cm³/mol. The van der Waals surface area contributed by atoms with E-state index in [1.807, 2.05) is 0 Å². The Kier molecular flexibility index (Phi) is 4.16. The Balaban J connectivity index is 2.60.